The normalized spacial score (nSPS) is 10.2. The Morgan fingerprint density at radius 3 is 1.39 bits per heavy atom. The summed E-state index contributed by atoms with van der Waals surface area (Å²) in [6.07, 6.45) is 7.81. The first kappa shape index (κ1) is 111. The van der Waals surface area contributed by atoms with Gasteiger partial charge in [0, 0.05) is 72.0 Å². The van der Waals surface area contributed by atoms with Crippen molar-refractivity contribution in [3.8, 4) is 69.0 Å². The summed E-state index contributed by atoms with van der Waals surface area (Å²) in [7, 11) is 19.7. The van der Waals surface area contributed by atoms with Gasteiger partial charge in [-0.2, -0.15) is 0 Å². The van der Waals surface area contributed by atoms with E-state index >= 15 is 0 Å². The lowest BCUT2D eigenvalue weighted by Gasteiger charge is -2.17. The number of phenols is 3. The minimum atomic E-state index is -1.08. The van der Waals surface area contributed by atoms with Crippen LogP contribution in [0.5, 0.6) is 69.0 Å². The number of aromatic hydroxyl groups is 3. The molecule has 0 bridgehead atoms. The number of benzene rings is 10. The van der Waals surface area contributed by atoms with Gasteiger partial charge in [-0.25, -0.2) is 9.59 Å². The van der Waals surface area contributed by atoms with E-state index < -0.39 is 11.9 Å². The summed E-state index contributed by atoms with van der Waals surface area (Å²) in [5, 5.41) is 55.6. The number of aryl methyl sites for hydroxylation is 10. The molecule has 0 unspecified atom stereocenters. The molecule has 0 saturated carbocycles. The van der Waals surface area contributed by atoms with Gasteiger partial charge >= 0.3 is 11.9 Å². The van der Waals surface area contributed by atoms with Gasteiger partial charge < -0.3 is 91.2 Å². The van der Waals surface area contributed by atoms with Crippen molar-refractivity contribution in [2.45, 2.75) is 79.0 Å². The van der Waals surface area contributed by atoms with Crippen molar-refractivity contribution in [2.75, 3.05) is 85.1 Å². The van der Waals surface area contributed by atoms with E-state index in [-0.39, 0.29) is 28.0 Å². The number of carboxylic acids is 2. The second-order valence-electron chi connectivity index (χ2n) is 30.6. The third kappa shape index (κ3) is 29.4. The van der Waals surface area contributed by atoms with E-state index in [1.54, 1.807) is 156 Å². The number of hydrogen-bond acceptors (Lipinski definition) is 30. The summed E-state index contributed by atoms with van der Waals surface area (Å²) < 4.78 is 65.7. The van der Waals surface area contributed by atoms with Gasteiger partial charge in [0.25, 0.3) is 5.17 Å². The molecule has 0 saturated heterocycles. The lowest BCUT2D eigenvalue weighted by atomic mass is 10.1. The van der Waals surface area contributed by atoms with Crippen LogP contribution in [0.4, 0.5) is 0 Å². The molecule has 0 aliphatic heterocycles. The van der Waals surface area contributed by atoms with Crippen LogP contribution in [-0.4, -0.2) is 180 Å². The Bertz CT molecular complexity index is 6640. The molecule has 16 rings (SSSR count). The van der Waals surface area contributed by atoms with Gasteiger partial charge in [-0.1, -0.05) is 36.1 Å². The maximum Gasteiger partial charge on any atom is 0.371 e. The van der Waals surface area contributed by atoms with Crippen LogP contribution in [0.15, 0.2) is 192 Å². The molecule has 0 atom stereocenters. The smallest absolute Gasteiger partial charge is 0.371 e. The van der Waals surface area contributed by atoms with E-state index in [1.165, 1.54) is 50.5 Å². The predicted molar refractivity (Wildman–Crippen MR) is 557 cm³/mol. The predicted octanol–water partition coefficient (Wildman–Crippen LogP) is 24.7. The van der Waals surface area contributed by atoms with Gasteiger partial charge in [-0.15, -0.1) is 46.6 Å². The van der Waals surface area contributed by atoms with Gasteiger partial charge in [0.1, 0.15) is 37.9 Å². The number of furan rings is 3. The van der Waals surface area contributed by atoms with Crippen molar-refractivity contribution < 1.29 is 120 Å². The number of thiophene rings is 3. The van der Waals surface area contributed by atoms with Crippen molar-refractivity contribution in [1.82, 2.24) is 9.80 Å². The molecule has 6 aromatic heterocycles. The molecule has 10 aromatic carbocycles. The Kier molecular flexibility index (Phi) is 42.3. The highest BCUT2D eigenvalue weighted by atomic mass is 32.2. The first-order valence-corrected chi connectivity index (χ1v) is 46.0. The van der Waals surface area contributed by atoms with E-state index in [0.29, 0.717) is 105 Å². The van der Waals surface area contributed by atoms with Crippen LogP contribution in [0.2, 0.25) is 0 Å². The van der Waals surface area contributed by atoms with Gasteiger partial charge in [-0.05, 0) is 292 Å². The van der Waals surface area contributed by atoms with Crippen molar-refractivity contribution in [3.63, 3.8) is 0 Å². The van der Waals surface area contributed by atoms with Crippen LogP contribution >= 0.6 is 82.8 Å². The lowest BCUT2D eigenvalue weighted by molar-refractivity contribution is 0.0661. The number of carbonyl (C=O) groups excluding carboxylic acids is 6. The number of methoxy groups -OCH3 is 8. The Morgan fingerprint density at radius 2 is 0.841 bits per heavy atom. The molecule has 0 amide bonds. The van der Waals surface area contributed by atoms with Gasteiger partial charge in [0.15, 0.2) is 94.7 Å². The number of thioether (sulfide) groups is 1. The highest BCUT2D eigenvalue weighted by molar-refractivity contribution is 8.23. The van der Waals surface area contributed by atoms with Crippen molar-refractivity contribution >= 4 is 205 Å². The third-order valence-corrected chi connectivity index (χ3v) is 25.5. The minimum Gasteiger partial charge on any atom is -0.506 e. The maximum absolute atomic E-state index is 11.1. The lowest BCUT2D eigenvalue weighted by Crippen LogP contribution is -2.25. The summed E-state index contributed by atoms with van der Waals surface area (Å²) >= 11 is 20.2. The Morgan fingerprint density at radius 1 is 0.399 bits per heavy atom. The van der Waals surface area contributed by atoms with Gasteiger partial charge in [-0.3, -0.25) is 28.8 Å². The third-order valence-electron chi connectivity index (χ3n) is 19.7. The van der Waals surface area contributed by atoms with Crippen molar-refractivity contribution in [1.29, 1.82) is 0 Å². The summed E-state index contributed by atoms with van der Waals surface area (Å²) in [4.78, 5) is 91.5. The summed E-state index contributed by atoms with van der Waals surface area (Å²) in [6.45, 7) is 19.1. The molecule has 0 aliphatic carbocycles. The molecule has 0 radical (unpaired) electrons. The second-order valence-corrected chi connectivity index (χ2v) is 35.9. The maximum atomic E-state index is 11.1. The number of carboxylic acid groups (broad SMARTS) is 2. The van der Waals surface area contributed by atoms with E-state index in [0.717, 1.165) is 155 Å². The largest absolute Gasteiger partial charge is 0.506 e. The van der Waals surface area contributed by atoms with Crippen LogP contribution in [0.25, 0.3) is 63.2 Å². The zero-order valence-corrected chi connectivity index (χ0v) is 85.6. The molecule has 138 heavy (non-hydrogen) atoms. The van der Waals surface area contributed by atoms with Crippen LogP contribution < -0.4 is 42.6 Å². The monoisotopic (exact) mass is 2010 g/mol. The highest BCUT2D eigenvalue weighted by Gasteiger charge is 2.21. The Labute approximate surface area is 830 Å². The Balaban J connectivity index is 0.000000209. The van der Waals surface area contributed by atoms with Gasteiger partial charge in [0.2, 0.25) is 5.76 Å². The topological polar surface area (TPSA) is 367 Å². The van der Waals surface area contributed by atoms with E-state index in [1.807, 2.05) is 166 Å². The van der Waals surface area contributed by atoms with E-state index in [2.05, 4.69) is 18.7 Å². The molecule has 5 N–H and O–H groups in total. The molecule has 0 spiro atoms. The number of rotatable bonds is 18. The quantitative estimate of drug-likeness (QED) is 0.0201. The average Bonchev–Trinajstić information content (AvgIpc) is 1.68. The molecule has 16 aromatic rings. The number of hydrogen-bond donors (Lipinski definition) is 6. The molecule has 6 heterocycles. The number of nitrogens with zero attached hydrogens (tertiary/aromatic N) is 2. The standard InChI is InChI=1S/C12H15NO3S.C12H15NO2S2.C11H10O4.C11H10O3S.C11H10O3.C11H10O2S.C9H10O3.C9H10O2S.C9H8O2.C9H8OS/c1-8-5-9(7-14)11(10(6-8)15-4)16-12(17)13(2)3;1-8-5-9(7-14)11(10(6-8)15-4)17-12(16)13(2)3;2*1-6-3-7-5-9(11(12)13)15-10(7)8(4-6)14-2;2*1-7-5-10(13-2)11-8(3-4-14-11)9(7)6-12;1-6-3-7(5-10)9(11)8(4-6)12-2;1-6-3-7(5-10)9(12)8(4-6)11-2;2*1-6-4-7-2-3-11-9(7)8(10)5-6/h2*5-7H,1-4H3;2*3-5H,1-2H3,(H,12,13);2*3-6H,1-2H3;3-5,11H,1-2H3;3-5,12H,1-2H3;2*2-5,10H,1H3. The van der Waals surface area contributed by atoms with Crippen LogP contribution in [0, 0.1) is 69.2 Å². The van der Waals surface area contributed by atoms with Gasteiger partial charge in [0.05, 0.1) is 104 Å². The molecule has 27 nitrogen and oxygen atoms in total. The first-order chi connectivity index (χ1) is 65.7. The second kappa shape index (κ2) is 52.7. The zero-order chi connectivity index (χ0) is 102. The number of aromatic carboxylic acids is 2. The van der Waals surface area contributed by atoms with E-state index in [9.17, 15) is 53.7 Å². The van der Waals surface area contributed by atoms with Crippen LogP contribution in [-0.2, 0) is 0 Å². The molecule has 34 heteroatoms. The zero-order valence-electron chi connectivity index (χ0n) is 79.8. The highest BCUT2D eigenvalue weighted by Crippen LogP contribution is 2.41. The molecule has 0 aliphatic rings. The fraction of sp³-hybridized carbons (Fsp3) is 0.212. The number of thiocarbonyl (C=S) groups is 2. The molecule has 0 fully saturated rings. The number of fused-ring (bicyclic) bond motifs is 6. The van der Waals surface area contributed by atoms with E-state index in [4.69, 9.17) is 90.5 Å². The SMILES string of the molecule is COc1cc(C)c(C=O)c2ccoc12.COc1cc(C)c(C=O)c2ccsc12.COc1cc(C)cc(C=O)c1O.COc1cc(C)cc(C=O)c1OC(=S)N(C)C.COc1cc(C)cc(C=O)c1S.COc1cc(C)cc(C=O)c1SC(=S)N(C)C.COc1cc(C)cc2cc(C(=O)O)oc12.COc1cc(C)cc2cc(C(=O)O)sc12.Cc1cc(O)c2occc2c1.Cc1cc(O)c2sccc2c1. The summed E-state index contributed by atoms with van der Waals surface area (Å²) in [5.41, 5.74) is 14.8. The summed E-state index contributed by atoms with van der Waals surface area (Å²) in [6, 6.07) is 43.6. The van der Waals surface area contributed by atoms with Crippen LogP contribution in [0.3, 0.4) is 0 Å². The minimum absolute atomic E-state index is 0.0751. The fourth-order valence-electron chi connectivity index (χ4n) is 13.2. The number of aldehydes is 6. The number of ether oxygens (including phenoxy) is 9. The number of phenolic OH excluding ortho intramolecular Hbond substituents is 3. The van der Waals surface area contributed by atoms with Crippen LogP contribution in [0.1, 0.15) is 138 Å². The van der Waals surface area contributed by atoms with Crippen molar-refractivity contribution in [2.24, 2.45) is 0 Å². The molecule has 724 valence electrons. The average molecular weight is 2010 g/mol. The fourth-order valence-corrected chi connectivity index (χ4v) is 17.3. The Hall–Kier alpha value is -14.3. The molecular formula is C104H106N2O25S7. The van der Waals surface area contributed by atoms with Crippen molar-refractivity contribution in [3.05, 3.63) is 269 Å². The number of carbonyl (C=O) groups is 8. The summed E-state index contributed by atoms with van der Waals surface area (Å²) in [5.74, 6) is 3.77. The number of thiol groups is 1. The first-order valence-electron chi connectivity index (χ1n) is 41.4. The molecular weight excluding hydrogens is 1900 g/mol.